The van der Waals surface area contributed by atoms with Crippen LogP contribution in [0.5, 0.6) is 0 Å². The van der Waals surface area contributed by atoms with E-state index in [1.165, 1.54) is 18.1 Å². The van der Waals surface area contributed by atoms with Crippen LogP contribution >= 0.6 is 0 Å². The Morgan fingerprint density at radius 3 is 0.938 bits per heavy atom. The van der Waals surface area contributed by atoms with Crippen molar-refractivity contribution >= 4 is 17.2 Å². The van der Waals surface area contributed by atoms with Gasteiger partial charge in [0.2, 0.25) is 0 Å². The largest absolute Gasteiger partial charge is 0.382 e. The molecule has 0 aromatic heterocycles. The van der Waals surface area contributed by atoms with Crippen molar-refractivity contribution in [2.45, 2.75) is 52.8 Å². The Morgan fingerprint density at radius 2 is 0.938 bits per heavy atom. The molecule has 103 valence electrons. The summed E-state index contributed by atoms with van der Waals surface area (Å²) in [5.41, 5.74) is 0. The molecule has 0 unspecified atom stereocenters. The molecule has 3 radical (unpaired) electrons. The van der Waals surface area contributed by atoms with Crippen LogP contribution in [0.4, 0.5) is 14.1 Å². The van der Waals surface area contributed by atoms with Crippen molar-refractivity contribution in [3.63, 3.8) is 0 Å². The third-order valence-electron chi connectivity index (χ3n) is 2.14. The van der Waals surface area contributed by atoms with Crippen LogP contribution in [-0.2, 0) is 4.74 Å². The van der Waals surface area contributed by atoms with Gasteiger partial charge >= 0.3 is 0 Å². The minimum absolute atomic E-state index is 0. The standard InChI is InChI=1S/C6H16Si.C4H10O.B.3FH/c1-4-7(5-2)6-3;1-3-5-4-2;;;;/h7H,4-6H2,1-3H3;3-4H2,1-2H3;;3*1H. The molecular formula is C10H29BF3OSi. The lowest BCUT2D eigenvalue weighted by atomic mass is 10.8. The second-order valence-electron chi connectivity index (χ2n) is 2.87. The first-order valence-electron chi connectivity index (χ1n) is 5.34. The molecule has 0 aromatic carbocycles. The minimum Gasteiger partial charge on any atom is -0.382 e. The summed E-state index contributed by atoms with van der Waals surface area (Å²) in [6, 6.07) is 4.48. The third-order valence-corrected chi connectivity index (χ3v) is 5.60. The molecule has 0 aliphatic heterocycles. The quantitative estimate of drug-likeness (QED) is 0.689. The molecule has 0 spiro atoms. The smallest absolute Gasteiger partial charge is 0.0437 e. The van der Waals surface area contributed by atoms with E-state index in [-0.39, 0.29) is 31.3 Å². The first kappa shape index (κ1) is 36.0. The van der Waals surface area contributed by atoms with Crippen molar-refractivity contribution in [1.82, 2.24) is 0 Å². The molecule has 6 heteroatoms. The molecule has 0 saturated carbocycles. The van der Waals surface area contributed by atoms with Gasteiger partial charge < -0.3 is 4.74 Å². The Hall–Kier alpha value is 0.0318. The fourth-order valence-corrected chi connectivity index (χ4v) is 2.80. The fraction of sp³-hybridized carbons (Fsp3) is 1.00. The fourth-order valence-electron chi connectivity index (χ4n) is 1.07. The van der Waals surface area contributed by atoms with E-state index in [2.05, 4.69) is 20.8 Å². The molecule has 16 heavy (non-hydrogen) atoms. The van der Waals surface area contributed by atoms with Crippen molar-refractivity contribution in [2.75, 3.05) is 13.2 Å². The maximum Gasteiger partial charge on any atom is 0.0437 e. The van der Waals surface area contributed by atoms with Crippen LogP contribution in [0.3, 0.4) is 0 Å². The van der Waals surface area contributed by atoms with E-state index >= 15 is 0 Å². The third kappa shape index (κ3) is 36.9. The summed E-state index contributed by atoms with van der Waals surface area (Å²) in [5.74, 6) is 0. The lowest BCUT2D eigenvalue weighted by Gasteiger charge is -2.03. The van der Waals surface area contributed by atoms with E-state index in [0.717, 1.165) is 13.2 Å². The Bertz CT molecular complexity index is 71.6. The van der Waals surface area contributed by atoms with E-state index in [9.17, 15) is 0 Å². The molecular weight excluding hydrogens is 232 g/mol. The maximum absolute atomic E-state index is 4.83. The van der Waals surface area contributed by atoms with Gasteiger partial charge in [-0.25, -0.2) is 0 Å². The van der Waals surface area contributed by atoms with Gasteiger partial charge in [-0.3, -0.25) is 14.1 Å². The lowest BCUT2D eigenvalue weighted by Crippen LogP contribution is -2.04. The number of hydrogen-bond donors (Lipinski definition) is 0. The minimum atomic E-state index is -0.171. The molecule has 0 fully saturated rings. The molecule has 0 aliphatic rings. The predicted molar refractivity (Wildman–Crippen MR) is 74.0 cm³/mol. The molecule has 0 saturated heterocycles. The lowest BCUT2D eigenvalue weighted by molar-refractivity contribution is 0.162. The van der Waals surface area contributed by atoms with E-state index in [4.69, 9.17) is 4.74 Å². The Morgan fingerprint density at radius 1 is 0.688 bits per heavy atom. The van der Waals surface area contributed by atoms with E-state index in [0.29, 0.717) is 0 Å². The van der Waals surface area contributed by atoms with Crippen molar-refractivity contribution in [2.24, 2.45) is 0 Å². The van der Waals surface area contributed by atoms with Gasteiger partial charge in [0.05, 0.1) is 0 Å². The molecule has 0 aromatic rings. The van der Waals surface area contributed by atoms with Gasteiger partial charge in [-0.1, -0.05) is 38.9 Å². The van der Waals surface area contributed by atoms with Crippen LogP contribution in [0.1, 0.15) is 34.6 Å². The molecule has 0 aliphatic carbocycles. The number of ether oxygens (including phenoxy) is 1. The molecule has 0 heterocycles. The van der Waals surface area contributed by atoms with Gasteiger partial charge in [0.25, 0.3) is 0 Å². The van der Waals surface area contributed by atoms with Crippen LogP contribution in [0, 0.1) is 0 Å². The zero-order valence-electron chi connectivity index (χ0n) is 11.3. The van der Waals surface area contributed by atoms with Crippen LogP contribution in [0.2, 0.25) is 18.1 Å². The topological polar surface area (TPSA) is 9.23 Å². The Labute approximate surface area is 103 Å². The van der Waals surface area contributed by atoms with Crippen LogP contribution in [0.25, 0.3) is 0 Å². The summed E-state index contributed by atoms with van der Waals surface area (Å²) >= 11 is 0. The highest BCUT2D eigenvalue weighted by Gasteiger charge is 1.98. The average molecular weight is 261 g/mol. The van der Waals surface area contributed by atoms with Crippen molar-refractivity contribution in [1.29, 1.82) is 0 Å². The highest BCUT2D eigenvalue weighted by atomic mass is 28.3. The zero-order chi connectivity index (χ0) is 9.82. The summed E-state index contributed by atoms with van der Waals surface area (Å²) in [6.45, 7) is 12.6. The highest BCUT2D eigenvalue weighted by molar-refractivity contribution is 6.58. The summed E-state index contributed by atoms with van der Waals surface area (Å²) in [7, 11) is -0.171. The summed E-state index contributed by atoms with van der Waals surface area (Å²) in [5, 5.41) is 0. The summed E-state index contributed by atoms with van der Waals surface area (Å²) < 4.78 is 4.83. The first-order valence-corrected chi connectivity index (χ1v) is 7.79. The monoisotopic (exact) mass is 261 g/mol. The van der Waals surface area contributed by atoms with E-state index in [1.807, 2.05) is 13.8 Å². The van der Waals surface area contributed by atoms with Crippen LogP contribution < -0.4 is 0 Å². The molecule has 0 N–H and O–H groups in total. The number of hydrogen-bond acceptors (Lipinski definition) is 1. The average Bonchev–Trinajstić information content (AvgIpc) is 2.10. The van der Waals surface area contributed by atoms with Gasteiger partial charge in [0.1, 0.15) is 0 Å². The van der Waals surface area contributed by atoms with Gasteiger partial charge in [0.15, 0.2) is 0 Å². The summed E-state index contributed by atoms with van der Waals surface area (Å²) in [6.07, 6.45) is 0. The zero-order valence-corrected chi connectivity index (χ0v) is 12.5. The van der Waals surface area contributed by atoms with Gasteiger partial charge in [-0.2, -0.15) is 0 Å². The van der Waals surface area contributed by atoms with E-state index < -0.39 is 0 Å². The second-order valence-corrected chi connectivity index (χ2v) is 7.05. The SMILES string of the molecule is CCOCC.CC[SiH](CC)CC.F.F.F.[B]. The molecule has 0 amide bonds. The second kappa shape index (κ2) is 36.3. The molecule has 0 bridgehead atoms. The molecule has 0 atom stereocenters. The van der Waals surface area contributed by atoms with Crippen molar-refractivity contribution in [3.05, 3.63) is 0 Å². The predicted octanol–water partition coefficient (Wildman–Crippen LogP) is 3.39. The maximum atomic E-state index is 4.83. The van der Waals surface area contributed by atoms with Gasteiger partial charge in [0, 0.05) is 30.4 Å². The van der Waals surface area contributed by atoms with E-state index in [1.54, 1.807) is 0 Å². The number of rotatable bonds is 5. The Kier molecular flexibility index (Phi) is 81.6. The van der Waals surface area contributed by atoms with Crippen molar-refractivity contribution in [3.8, 4) is 0 Å². The number of halogens is 3. The first-order chi connectivity index (χ1) is 5.76. The van der Waals surface area contributed by atoms with Gasteiger partial charge in [-0.05, 0) is 13.8 Å². The molecule has 0 rings (SSSR count). The van der Waals surface area contributed by atoms with Gasteiger partial charge in [-0.15, -0.1) is 0 Å². The Balaban J connectivity index is -0.0000000258. The van der Waals surface area contributed by atoms with Crippen LogP contribution in [0.15, 0.2) is 0 Å². The summed E-state index contributed by atoms with van der Waals surface area (Å²) in [4.78, 5) is 0. The van der Waals surface area contributed by atoms with Crippen molar-refractivity contribution < 1.29 is 18.9 Å². The highest BCUT2D eigenvalue weighted by Crippen LogP contribution is 2.01. The normalized spacial score (nSPS) is 7.12. The molecule has 1 nitrogen and oxygen atoms in total. The van der Waals surface area contributed by atoms with Crippen LogP contribution in [-0.4, -0.2) is 30.4 Å².